The Balaban J connectivity index is 2.37. The van der Waals surface area contributed by atoms with E-state index in [0.29, 0.717) is 5.54 Å². The maximum atomic E-state index is 3.78. The molecule has 0 amide bonds. The minimum Gasteiger partial charge on any atom is -0.310 e. The number of nitrogens with zero attached hydrogens (tertiary/aromatic N) is 1. The van der Waals surface area contributed by atoms with Gasteiger partial charge >= 0.3 is 0 Å². The van der Waals surface area contributed by atoms with E-state index in [4.69, 9.17) is 0 Å². The highest BCUT2D eigenvalue weighted by Gasteiger charge is 2.29. The fourth-order valence-corrected chi connectivity index (χ4v) is 2.90. The summed E-state index contributed by atoms with van der Waals surface area (Å²) in [5, 5.41) is 3.78. The molecule has 1 rings (SSSR count). The van der Waals surface area contributed by atoms with Crippen molar-refractivity contribution in [2.75, 3.05) is 26.2 Å². The Morgan fingerprint density at radius 2 is 1.82 bits per heavy atom. The molecule has 1 fully saturated rings. The second-order valence-electron chi connectivity index (χ2n) is 5.60. The third-order valence-corrected chi connectivity index (χ3v) is 4.36. The van der Waals surface area contributed by atoms with Crippen LogP contribution in [0.5, 0.6) is 0 Å². The van der Waals surface area contributed by atoms with Gasteiger partial charge in [-0.3, -0.25) is 0 Å². The molecule has 0 radical (unpaired) electrons. The molecule has 0 atom stereocenters. The number of unbranched alkanes of at least 4 members (excludes halogenated alkanes) is 3. The average molecular weight is 240 g/mol. The van der Waals surface area contributed by atoms with Crippen molar-refractivity contribution in [3.8, 4) is 0 Å². The van der Waals surface area contributed by atoms with Crippen LogP contribution in [0, 0.1) is 0 Å². The van der Waals surface area contributed by atoms with Gasteiger partial charge < -0.3 is 10.2 Å². The zero-order valence-electron chi connectivity index (χ0n) is 12.2. The molecule has 0 aromatic carbocycles. The Morgan fingerprint density at radius 1 is 1.06 bits per heavy atom. The minimum absolute atomic E-state index is 0.390. The number of hydrogen-bond acceptors (Lipinski definition) is 2. The molecule has 0 aromatic rings. The van der Waals surface area contributed by atoms with Gasteiger partial charge in [0.25, 0.3) is 0 Å². The van der Waals surface area contributed by atoms with Gasteiger partial charge in [-0.1, -0.05) is 40.0 Å². The van der Waals surface area contributed by atoms with Crippen molar-refractivity contribution in [3.05, 3.63) is 0 Å². The number of nitrogens with one attached hydrogen (secondary N) is 1. The molecular weight excluding hydrogens is 208 g/mol. The lowest BCUT2D eigenvalue weighted by Gasteiger charge is -2.35. The van der Waals surface area contributed by atoms with Gasteiger partial charge in [-0.2, -0.15) is 0 Å². The van der Waals surface area contributed by atoms with E-state index >= 15 is 0 Å². The Kier molecular flexibility index (Phi) is 7.14. The van der Waals surface area contributed by atoms with Crippen LogP contribution >= 0.6 is 0 Å². The van der Waals surface area contributed by atoms with Crippen LogP contribution < -0.4 is 5.32 Å². The summed E-state index contributed by atoms with van der Waals surface area (Å²) >= 11 is 0. The maximum absolute atomic E-state index is 3.78. The molecule has 1 N–H and O–H groups in total. The predicted octanol–water partition coefficient (Wildman–Crippen LogP) is 3.42. The lowest BCUT2D eigenvalue weighted by atomic mass is 9.92. The second kappa shape index (κ2) is 8.10. The summed E-state index contributed by atoms with van der Waals surface area (Å²) in [5.41, 5.74) is 0.390. The molecule has 2 heteroatoms. The van der Waals surface area contributed by atoms with E-state index < -0.39 is 0 Å². The van der Waals surface area contributed by atoms with Crippen LogP contribution in [-0.4, -0.2) is 36.6 Å². The molecule has 102 valence electrons. The molecule has 17 heavy (non-hydrogen) atoms. The van der Waals surface area contributed by atoms with Gasteiger partial charge in [0.05, 0.1) is 0 Å². The van der Waals surface area contributed by atoms with E-state index in [1.807, 2.05) is 0 Å². The highest BCUT2D eigenvalue weighted by molar-refractivity contribution is 4.90. The maximum Gasteiger partial charge on any atom is 0.0303 e. The molecule has 1 aliphatic heterocycles. The lowest BCUT2D eigenvalue weighted by Crippen LogP contribution is -2.50. The molecule has 0 bridgehead atoms. The largest absolute Gasteiger partial charge is 0.310 e. The molecule has 0 aliphatic carbocycles. The van der Waals surface area contributed by atoms with Gasteiger partial charge in [0, 0.05) is 12.1 Å². The quantitative estimate of drug-likeness (QED) is 0.686. The van der Waals surface area contributed by atoms with Crippen molar-refractivity contribution in [1.82, 2.24) is 10.2 Å². The first-order valence-corrected chi connectivity index (χ1v) is 7.73. The summed E-state index contributed by atoms with van der Waals surface area (Å²) in [7, 11) is 0. The van der Waals surface area contributed by atoms with Crippen molar-refractivity contribution < 1.29 is 0 Å². The van der Waals surface area contributed by atoms with E-state index in [2.05, 4.69) is 31.0 Å². The fourth-order valence-electron chi connectivity index (χ4n) is 2.90. The molecule has 1 aliphatic rings. The highest BCUT2D eigenvalue weighted by Crippen LogP contribution is 2.20. The van der Waals surface area contributed by atoms with Crippen LogP contribution in [0.1, 0.15) is 65.7 Å². The van der Waals surface area contributed by atoms with Crippen LogP contribution in [0.15, 0.2) is 0 Å². The molecule has 2 nitrogen and oxygen atoms in total. The van der Waals surface area contributed by atoms with E-state index in [9.17, 15) is 0 Å². The van der Waals surface area contributed by atoms with Crippen LogP contribution in [0.2, 0.25) is 0 Å². The third kappa shape index (κ3) is 4.97. The van der Waals surface area contributed by atoms with Crippen molar-refractivity contribution in [2.45, 2.75) is 71.3 Å². The summed E-state index contributed by atoms with van der Waals surface area (Å²) in [6.45, 7) is 12.0. The topological polar surface area (TPSA) is 15.3 Å². The summed E-state index contributed by atoms with van der Waals surface area (Å²) in [6.07, 6.45) is 9.37. The van der Waals surface area contributed by atoms with Crippen LogP contribution in [0.25, 0.3) is 0 Å². The summed E-state index contributed by atoms with van der Waals surface area (Å²) < 4.78 is 0. The van der Waals surface area contributed by atoms with E-state index in [1.54, 1.807) is 0 Å². The van der Waals surface area contributed by atoms with Crippen molar-refractivity contribution in [1.29, 1.82) is 0 Å². The summed E-state index contributed by atoms with van der Waals surface area (Å²) in [5.74, 6) is 0. The van der Waals surface area contributed by atoms with Crippen molar-refractivity contribution in [2.24, 2.45) is 0 Å². The van der Waals surface area contributed by atoms with E-state index in [0.717, 1.165) is 0 Å². The van der Waals surface area contributed by atoms with E-state index in [-0.39, 0.29) is 0 Å². The second-order valence-corrected chi connectivity index (χ2v) is 5.60. The Bertz CT molecular complexity index is 187. The van der Waals surface area contributed by atoms with Gasteiger partial charge in [0.2, 0.25) is 0 Å². The van der Waals surface area contributed by atoms with Gasteiger partial charge in [-0.05, 0) is 45.3 Å². The van der Waals surface area contributed by atoms with Gasteiger partial charge in [0.15, 0.2) is 0 Å². The SMILES string of the molecule is CCCCCCN1CCCNC(CC)(CC)C1. The molecule has 0 saturated carbocycles. The zero-order valence-corrected chi connectivity index (χ0v) is 12.2. The highest BCUT2D eigenvalue weighted by atomic mass is 15.2. The normalized spacial score (nSPS) is 21.4. The lowest BCUT2D eigenvalue weighted by molar-refractivity contribution is 0.194. The number of rotatable bonds is 7. The Labute approximate surface area is 108 Å². The predicted molar refractivity (Wildman–Crippen MR) is 76.5 cm³/mol. The molecule has 0 aromatic heterocycles. The monoisotopic (exact) mass is 240 g/mol. The summed E-state index contributed by atoms with van der Waals surface area (Å²) in [6, 6.07) is 0. The zero-order chi connectivity index (χ0) is 12.6. The first-order valence-electron chi connectivity index (χ1n) is 7.73. The van der Waals surface area contributed by atoms with Gasteiger partial charge in [-0.15, -0.1) is 0 Å². The molecule has 1 heterocycles. The smallest absolute Gasteiger partial charge is 0.0303 e. The fraction of sp³-hybridized carbons (Fsp3) is 1.00. The average Bonchev–Trinajstić information content (AvgIpc) is 2.58. The standard InChI is InChI=1S/C15H32N2/c1-4-7-8-9-12-17-13-10-11-16-15(5-2,6-3)14-17/h16H,4-14H2,1-3H3. The van der Waals surface area contributed by atoms with Crippen LogP contribution in [0.3, 0.4) is 0 Å². The molecule has 0 unspecified atom stereocenters. The number of hydrogen-bond donors (Lipinski definition) is 1. The van der Waals surface area contributed by atoms with Crippen LogP contribution in [-0.2, 0) is 0 Å². The minimum atomic E-state index is 0.390. The van der Waals surface area contributed by atoms with Crippen LogP contribution in [0.4, 0.5) is 0 Å². The Hall–Kier alpha value is -0.0800. The molecule has 0 spiro atoms. The first kappa shape index (κ1) is 15.0. The van der Waals surface area contributed by atoms with Gasteiger partial charge in [0.1, 0.15) is 0 Å². The third-order valence-electron chi connectivity index (χ3n) is 4.36. The van der Waals surface area contributed by atoms with Gasteiger partial charge in [-0.25, -0.2) is 0 Å². The summed E-state index contributed by atoms with van der Waals surface area (Å²) in [4.78, 5) is 2.70. The first-order chi connectivity index (χ1) is 8.26. The molecule has 1 saturated heterocycles. The Morgan fingerprint density at radius 3 is 2.47 bits per heavy atom. The van der Waals surface area contributed by atoms with E-state index in [1.165, 1.54) is 71.1 Å². The molecular formula is C15H32N2. The van der Waals surface area contributed by atoms with Crippen molar-refractivity contribution in [3.63, 3.8) is 0 Å². The van der Waals surface area contributed by atoms with Crippen molar-refractivity contribution >= 4 is 0 Å².